The first kappa shape index (κ1) is 77.8. The lowest BCUT2D eigenvalue weighted by Gasteiger charge is -2.18. The minimum atomic E-state index is -0.797. The first-order valence-electron chi connectivity index (χ1n) is 34.5. The van der Waals surface area contributed by atoms with Crippen molar-refractivity contribution < 1.29 is 28.6 Å². The normalized spacial score (nSPS) is 12.9. The average Bonchev–Trinajstić information content (AvgIpc) is 3.47. The van der Waals surface area contributed by atoms with Gasteiger partial charge in [-0.1, -0.05) is 309 Å². The number of rotatable bonds is 62. The number of hydrogen-bond donors (Lipinski definition) is 0. The van der Waals surface area contributed by atoms with Crippen LogP contribution in [0.5, 0.6) is 0 Å². The van der Waals surface area contributed by atoms with Gasteiger partial charge in [0.2, 0.25) is 0 Å². The summed E-state index contributed by atoms with van der Waals surface area (Å²) < 4.78 is 16.9. The molecule has 1 unspecified atom stereocenters. The van der Waals surface area contributed by atoms with Gasteiger partial charge in [-0.2, -0.15) is 0 Å². The van der Waals surface area contributed by atoms with E-state index in [0.29, 0.717) is 19.3 Å². The maximum Gasteiger partial charge on any atom is 0.306 e. The van der Waals surface area contributed by atoms with Crippen LogP contribution in [0.4, 0.5) is 0 Å². The van der Waals surface area contributed by atoms with E-state index in [1.807, 2.05) is 0 Å². The van der Waals surface area contributed by atoms with Gasteiger partial charge in [0, 0.05) is 19.3 Å². The number of hydrogen-bond acceptors (Lipinski definition) is 6. The van der Waals surface area contributed by atoms with Gasteiger partial charge in [0.25, 0.3) is 0 Å². The standard InChI is InChI=1S/C76H128O6/c1-4-7-10-13-16-19-22-25-27-29-31-33-34-35-36-37-38-39-40-41-42-43-45-46-48-51-54-57-60-63-66-69-75(78)81-72-73(71-80-74(77)68-65-62-59-56-53-50-24-21-18-15-12-9-6-3)82-76(79)70-67-64-61-58-55-52-49-47-44-32-30-28-26-23-20-17-14-11-8-5-2/h7,10,16,19,21,24-25,27,31,33,35-36,38-39,41-42,45-46,51,54,73H,4-6,8-9,11-15,17-18,20,22-23,26,28-30,32,34,37,40,43-44,47-50,52-53,55-72H2,1-3H3/b10-7-,19-16-,24-21-,27-25-,33-31-,36-35-,39-38-,42-41-,46-45-,54-51-. The molecule has 0 radical (unpaired) electrons. The molecule has 468 valence electrons. The highest BCUT2D eigenvalue weighted by Gasteiger charge is 2.19. The Morgan fingerprint density at radius 3 is 0.780 bits per heavy atom. The van der Waals surface area contributed by atoms with E-state index >= 15 is 0 Å². The Labute approximate surface area is 507 Å². The molecular weight excluding hydrogens is 1010 g/mol. The molecule has 6 nitrogen and oxygen atoms in total. The molecule has 0 heterocycles. The van der Waals surface area contributed by atoms with Crippen molar-refractivity contribution in [1.29, 1.82) is 0 Å². The molecule has 0 fully saturated rings. The van der Waals surface area contributed by atoms with Crippen molar-refractivity contribution in [3.8, 4) is 0 Å². The molecule has 1 atom stereocenters. The molecule has 0 amide bonds. The van der Waals surface area contributed by atoms with Crippen LogP contribution >= 0.6 is 0 Å². The van der Waals surface area contributed by atoms with Gasteiger partial charge in [0.1, 0.15) is 13.2 Å². The zero-order valence-electron chi connectivity index (χ0n) is 53.7. The number of unbranched alkanes of at least 4 members (excludes halogenated alkanes) is 31. The fourth-order valence-electron chi connectivity index (χ4n) is 9.55. The van der Waals surface area contributed by atoms with E-state index < -0.39 is 6.10 Å². The molecular formula is C76H128O6. The summed E-state index contributed by atoms with van der Waals surface area (Å²) in [6.45, 7) is 6.51. The lowest BCUT2D eigenvalue weighted by atomic mass is 10.0. The Kier molecular flexibility index (Phi) is 65.8. The molecule has 0 aliphatic carbocycles. The number of ether oxygens (including phenoxy) is 3. The number of esters is 3. The molecule has 0 saturated carbocycles. The molecule has 0 N–H and O–H groups in total. The van der Waals surface area contributed by atoms with E-state index in [-0.39, 0.29) is 31.1 Å². The van der Waals surface area contributed by atoms with Crippen molar-refractivity contribution in [3.63, 3.8) is 0 Å². The van der Waals surface area contributed by atoms with Gasteiger partial charge < -0.3 is 14.2 Å². The molecule has 6 heteroatoms. The SMILES string of the molecule is CC/C=C\C/C=C\C/C=C\C/C=C\C/C=C\C/C=C\C/C=C\C/C=C\C/C=C\CCCCCC(=O)OCC(COC(=O)CCCCCCC/C=C\CCCCCC)OC(=O)CCCCCCCCCCCCCCCCCCCCCC. The molecule has 0 rings (SSSR count). The quantitative estimate of drug-likeness (QED) is 0.0261. The van der Waals surface area contributed by atoms with Crippen LogP contribution < -0.4 is 0 Å². The summed E-state index contributed by atoms with van der Waals surface area (Å²) in [5, 5.41) is 0. The Balaban J connectivity index is 4.37. The average molecular weight is 1140 g/mol. The molecule has 0 spiro atoms. The molecule has 82 heavy (non-hydrogen) atoms. The van der Waals surface area contributed by atoms with Crippen molar-refractivity contribution in [2.75, 3.05) is 13.2 Å². The first-order valence-corrected chi connectivity index (χ1v) is 34.5. The molecule has 0 aliphatic rings. The lowest BCUT2D eigenvalue weighted by molar-refractivity contribution is -0.167. The summed E-state index contributed by atoms with van der Waals surface area (Å²) in [6, 6.07) is 0. The smallest absolute Gasteiger partial charge is 0.306 e. The molecule has 0 bridgehead atoms. The summed E-state index contributed by atoms with van der Waals surface area (Å²) in [5.41, 5.74) is 0. The summed E-state index contributed by atoms with van der Waals surface area (Å²) in [7, 11) is 0. The van der Waals surface area contributed by atoms with Crippen LogP contribution in [0, 0.1) is 0 Å². The van der Waals surface area contributed by atoms with Gasteiger partial charge in [-0.3, -0.25) is 14.4 Å². The maximum absolute atomic E-state index is 12.9. The minimum Gasteiger partial charge on any atom is -0.462 e. The predicted octanol–water partition coefficient (Wildman–Crippen LogP) is 23.9. The number of allylic oxidation sites excluding steroid dienone is 20. The van der Waals surface area contributed by atoms with Crippen molar-refractivity contribution in [3.05, 3.63) is 122 Å². The van der Waals surface area contributed by atoms with Crippen LogP contribution in [0.15, 0.2) is 122 Å². The second-order valence-corrected chi connectivity index (χ2v) is 22.7. The topological polar surface area (TPSA) is 78.9 Å². The second kappa shape index (κ2) is 69.3. The van der Waals surface area contributed by atoms with E-state index in [4.69, 9.17) is 14.2 Å². The van der Waals surface area contributed by atoms with Crippen LogP contribution in [0.1, 0.15) is 323 Å². The highest BCUT2D eigenvalue weighted by atomic mass is 16.6. The Bertz CT molecular complexity index is 1690. The van der Waals surface area contributed by atoms with Crippen LogP contribution in [0.3, 0.4) is 0 Å². The Hall–Kier alpha value is -4.19. The van der Waals surface area contributed by atoms with Crippen LogP contribution in [0.25, 0.3) is 0 Å². The number of carbonyl (C=O) groups excluding carboxylic acids is 3. The maximum atomic E-state index is 12.9. The third-order valence-corrected chi connectivity index (χ3v) is 14.7. The highest BCUT2D eigenvalue weighted by molar-refractivity contribution is 5.71. The van der Waals surface area contributed by atoms with Gasteiger partial charge in [-0.25, -0.2) is 0 Å². The Morgan fingerprint density at radius 2 is 0.476 bits per heavy atom. The lowest BCUT2D eigenvalue weighted by Crippen LogP contribution is -2.30. The fraction of sp³-hybridized carbons (Fsp3) is 0.697. The van der Waals surface area contributed by atoms with Crippen LogP contribution in [0.2, 0.25) is 0 Å². The van der Waals surface area contributed by atoms with Gasteiger partial charge in [-0.15, -0.1) is 0 Å². The van der Waals surface area contributed by atoms with Crippen molar-refractivity contribution in [2.45, 2.75) is 329 Å². The zero-order valence-corrected chi connectivity index (χ0v) is 53.7. The number of carbonyl (C=O) groups is 3. The third kappa shape index (κ3) is 66.6. The molecule has 0 aromatic rings. The summed E-state index contributed by atoms with van der Waals surface area (Å²) in [6.07, 6.45) is 96.5. The summed E-state index contributed by atoms with van der Waals surface area (Å²) in [4.78, 5) is 38.4. The fourth-order valence-corrected chi connectivity index (χ4v) is 9.55. The molecule has 0 aromatic carbocycles. The van der Waals surface area contributed by atoms with E-state index in [9.17, 15) is 14.4 Å². The summed E-state index contributed by atoms with van der Waals surface area (Å²) in [5.74, 6) is -0.923. The van der Waals surface area contributed by atoms with Crippen LogP contribution in [-0.2, 0) is 28.6 Å². The van der Waals surface area contributed by atoms with Gasteiger partial charge >= 0.3 is 17.9 Å². The monoisotopic (exact) mass is 1140 g/mol. The van der Waals surface area contributed by atoms with Gasteiger partial charge in [0.05, 0.1) is 0 Å². The molecule has 0 aromatic heterocycles. The third-order valence-electron chi connectivity index (χ3n) is 14.7. The minimum absolute atomic E-state index is 0.0921. The molecule has 0 saturated heterocycles. The highest BCUT2D eigenvalue weighted by Crippen LogP contribution is 2.17. The van der Waals surface area contributed by atoms with E-state index in [1.54, 1.807) is 0 Å². The Morgan fingerprint density at radius 1 is 0.256 bits per heavy atom. The molecule has 0 aliphatic heterocycles. The largest absolute Gasteiger partial charge is 0.462 e. The predicted molar refractivity (Wildman–Crippen MR) is 357 cm³/mol. The summed E-state index contributed by atoms with van der Waals surface area (Å²) >= 11 is 0. The van der Waals surface area contributed by atoms with Crippen molar-refractivity contribution in [1.82, 2.24) is 0 Å². The van der Waals surface area contributed by atoms with Gasteiger partial charge in [-0.05, 0) is 116 Å². The van der Waals surface area contributed by atoms with E-state index in [2.05, 4.69) is 142 Å². The first-order chi connectivity index (χ1) is 40.5. The van der Waals surface area contributed by atoms with Crippen molar-refractivity contribution in [2.24, 2.45) is 0 Å². The van der Waals surface area contributed by atoms with Crippen LogP contribution in [-0.4, -0.2) is 37.2 Å². The zero-order chi connectivity index (χ0) is 59.2. The van der Waals surface area contributed by atoms with Gasteiger partial charge in [0.15, 0.2) is 6.10 Å². The second-order valence-electron chi connectivity index (χ2n) is 22.7. The van der Waals surface area contributed by atoms with E-state index in [0.717, 1.165) is 128 Å². The van der Waals surface area contributed by atoms with Crippen molar-refractivity contribution >= 4 is 17.9 Å². The van der Waals surface area contributed by atoms with E-state index in [1.165, 1.54) is 154 Å².